The molecule has 0 unspecified atom stereocenters. The van der Waals surface area contributed by atoms with Gasteiger partial charge in [-0.2, -0.15) is 0 Å². The van der Waals surface area contributed by atoms with E-state index in [0.29, 0.717) is 10.4 Å². The van der Waals surface area contributed by atoms with Crippen LogP contribution in [-0.2, 0) is 19.6 Å². The maximum Gasteiger partial charge on any atom is 0.326 e. The molecule has 0 aliphatic rings. The minimum absolute atomic E-state index is 0.0149. The van der Waals surface area contributed by atoms with Crippen LogP contribution in [0.15, 0.2) is 47.4 Å². The van der Waals surface area contributed by atoms with Gasteiger partial charge in [0.15, 0.2) is 11.6 Å². The van der Waals surface area contributed by atoms with Gasteiger partial charge < -0.3 is 4.74 Å². The molecule has 2 aromatic carbocycles. The van der Waals surface area contributed by atoms with Crippen molar-refractivity contribution in [2.24, 2.45) is 0 Å². The molecule has 2 aromatic rings. The molecule has 0 atom stereocenters. The number of hydrogen-bond acceptors (Lipinski definition) is 4. The molecule has 0 saturated heterocycles. The molecule has 0 fully saturated rings. The number of ether oxygens (including phenoxy) is 1. The molecule has 0 bridgehead atoms. The van der Waals surface area contributed by atoms with E-state index in [4.69, 9.17) is 4.74 Å². The highest BCUT2D eigenvalue weighted by atomic mass is 32.2. The molecule has 0 N–H and O–H groups in total. The zero-order chi connectivity index (χ0) is 18.6. The van der Waals surface area contributed by atoms with E-state index in [9.17, 15) is 26.4 Å². The smallest absolute Gasteiger partial charge is 0.326 e. The van der Waals surface area contributed by atoms with Crippen molar-refractivity contribution in [3.63, 3.8) is 0 Å². The van der Waals surface area contributed by atoms with Gasteiger partial charge in [-0.1, -0.05) is 0 Å². The van der Waals surface area contributed by atoms with E-state index in [1.807, 2.05) is 0 Å². The van der Waals surface area contributed by atoms with Gasteiger partial charge >= 0.3 is 5.97 Å². The van der Waals surface area contributed by atoms with Crippen LogP contribution >= 0.6 is 0 Å². The molecule has 0 aliphatic carbocycles. The van der Waals surface area contributed by atoms with E-state index in [1.54, 1.807) is 0 Å². The third-order valence-corrected chi connectivity index (χ3v) is 4.96. The fourth-order valence-corrected chi connectivity index (χ4v) is 3.41. The Kier molecular flexibility index (Phi) is 5.68. The Morgan fingerprint density at radius 3 is 2.24 bits per heavy atom. The average Bonchev–Trinajstić information content (AvgIpc) is 2.56. The molecule has 134 valence electrons. The van der Waals surface area contributed by atoms with E-state index in [1.165, 1.54) is 6.92 Å². The van der Waals surface area contributed by atoms with Gasteiger partial charge in [-0.25, -0.2) is 21.6 Å². The van der Waals surface area contributed by atoms with Crippen molar-refractivity contribution in [2.75, 3.05) is 17.5 Å². The summed E-state index contributed by atoms with van der Waals surface area (Å²) in [6.45, 7) is 0.800. The summed E-state index contributed by atoms with van der Waals surface area (Å²) in [5.41, 5.74) is -0.267. The Labute approximate surface area is 142 Å². The second-order valence-electron chi connectivity index (χ2n) is 4.87. The number of carbonyl (C=O) groups excluding carboxylic acids is 1. The minimum atomic E-state index is -4.34. The van der Waals surface area contributed by atoms with Crippen LogP contribution < -0.4 is 4.31 Å². The summed E-state index contributed by atoms with van der Waals surface area (Å²) in [5.74, 6) is -3.97. The number of esters is 1. The monoisotopic (exact) mass is 373 g/mol. The number of sulfonamides is 1. The number of rotatable bonds is 6. The lowest BCUT2D eigenvalue weighted by atomic mass is 10.3. The molecule has 0 saturated carbocycles. The second kappa shape index (κ2) is 7.56. The van der Waals surface area contributed by atoms with Crippen molar-refractivity contribution in [2.45, 2.75) is 11.8 Å². The number of hydrogen-bond donors (Lipinski definition) is 0. The number of carbonyl (C=O) groups is 1. The van der Waals surface area contributed by atoms with E-state index in [2.05, 4.69) is 0 Å². The van der Waals surface area contributed by atoms with Crippen LogP contribution in [-0.4, -0.2) is 27.5 Å². The lowest BCUT2D eigenvalue weighted by Crippen LogP contribution is -2.36. The molecule has 2 rings (SSSR count). The Morgan fingerprint density at radius 2 is 1.68 bits per heavy atom. The first-order valence-corrected chi connectivity index (χ1v) is 8.58. The second-order valence-corrected chi connectivity index (χ2v) is 6.73. The van der Waals surface area contributed by atoms with Crippen LogP contribution in [0, 0.1) is 17.5 Å². The van der Waals surface area contributed by atoms with Crippen molar-refractivity contribution in [3.8, 4) is 0 Å². The lowest BCUT2D eigenvalue weighted by Gasteiger charge is -2.23. The van der Waals surface area contributed by atoms with Crippen LogP contribution in [0.4, 0.5) is 18.9 Å². The number of anilines is 1. The number of benzene rings is 2. The highest BCUT2D eigenvalue weighted by molar-refractivity contribution is 7.92. The van der Waals surface area contributed by atoms with Gasteiger partial charge in [-0.3, -0.25) is 9.10 Å². The van der Waals surface area contributed by atoms with Crippen LogP contribution in [0.3, 0.4) is 0 Å². The van der Waals surface area contributed by atoms with Gasteiger partial charge in [0.2, 0.25) is 0 Å². The quantitative estimate of drug-likeness (QED) is 0.731. The lowest BCUT2D eigenvalue weighted by molar-refractivity contribution is -0.141. The fraction of sp³-hybridized carbons (Fsp3) is 0.188. The maximum absolute atomic E-state index is 13.5. The van der Waals surface area contributed by atoms with Crippen LogP contribution in [0.25, 0.3) is 0 Å². The van der Waals surface area contributed by atoms with Gasteiger partial charge in [0.05, 0.1) is 17.2 Å². The fourth-order valence-electron chi connectivity index (χ4n) is 2.01. The number of halogens is 3. The van der Waals surface area contributed by atoms with Crippen LogP contribution in [0.2, 0.25) is 0 Å². The largest absolute Gasteiger partial charge is 0.465 e. The van der Waals surface area contributed by atoms with Gasteiger partial charge in [-0.15, -0.1) is 0 Å². The van der Waals surface area contributed by atoms with Crippen LogP contribution in [0.5, 0.6) is 0 Å². The Morgan fingerprint density at radius 1 is 1.04 bits per heavy atom. The van der Waals surface area contributed by atoms with E-state index in [-0.39, 0.29) is 17.2 Å². The summed E-state index contributed by atoms with van der Waals surface area (Å²) in [6.07, 6.45) is 0. The summed E-state index contributed by atoms with van der Waals surface area (Å²) < 4.78 is 70.5. The van der Waals surface area contributed by atoms with E-state index >= 15 is 0 Å². The van der Waals surface area contributed by atoms with Crippen molar-refractivity contribution < 1.29 is 31.1 Å². The van der Waals surface area contributed by atoms with E-state index < -0.39 is 40.0 Å². The predicted molar refractivity (Wildman–Crippen MR) is 83.9 cm³/mol. The Bertz CT molecular complexity index is 869. The molecule has 5 nitrogen and oxygen atoms in total. The molecule has 0 spiro atoms. The zero-order valence-corrected chi connectivity index (χ0v) is 13.9. The standard InChI is InChI=1S/C16H14F3NO4S/c1-2-24-16(21)10-20(12-5-8-14(18)15(19)9-12)25(22,23)13-6-3-11(17)4-7-13/h3-9H,2,10H2,1H3. The third kappa shape index (κ3) is 4.30. The highest BCUT2D eigenvalue weighted by Gasteiger charge is 2.28. The van der Waals surface area contributed by atoms with Gasteiger partial charge in [0.1, 0.15) is 12.4 Å². The average molecular weight is 373 g/mol. The summed E-state index contributed by atoms with van der Waals surface area (Å²) in [6, 6.07) is 6.27. The predicted octanol–water partition coefficient (Wildman–Crippen LogP) is 2.86. The van der Waals surface area contributed by atoms with Gasteiger partial charge in [0.25, 0.3) is 10.0 Å². The first-order valence-electron chi connectivity index (χ1n) is 7.14. The third-order valence-electron chi connectivity index (χ3n) is 3.17. The summed E-state index contributed by atoms with van der Waals surface area (Å²) >= 11 is 0. The summed E-state index contributed by atoms with van der Waals surface area (Å²) in [4.78, 5) is 11.4. The first-order chi connectivity index (χ1) is 11.8. The zero-order valence-electron chi connectivity index (χ0n) is 13.1. The van der Waals surface area contributed by atoms with Crippen molar-refractivity contribution in [1.82, 2.24) is 0 Å². The first kappa shape index (κ1) is 18.8. The highest BCUT2D eigenvalue weighted by Crippen LogP contribution is 2.25. The molecule has 0 heterocycles. The summed E-state index contributed by atoms with van der Waals surface area (Å²) in [5, 5.41) is 0. The Balaban J connectivity index is 2.51. The molecule has 9 heteroatoms. The molecule has 0 amide bonds. The minimum Gasteiger partial charge on any atom is -0.465 e. The van der Waals surface area contributed by atoms with Crippen molar-refractivity contribution in [3.05, 3.63) is 59.9 Å². The molecule has 0 radical (unpaired) electrons. The van der Waals surface area contributed by atoms with E-state index in [0.717, 1.165) is 36.4 Å². The van der Waals surface area contributed by atoms with Gasteiger partial charge in [-0.05, 0) is 43.3 Å². The summed E-state index contributed by atoms with van der Waals surface area (Å²) in [7, 11) is -4.34. The topological polar surface area (TPSA) is 63.7 Å². The molecular formula is C16H14F3NO4S. The van der Waals surface area contributed by atoms with Gasteiger partial charge in [0, 0.05) is 6.07 Å². The molecule has 25 heavy (non-hydrogen) atoms. The van der Waals surface area contributed by atoms with Crippen molar-refractivity contribution in [1.29, 1.82) is 0 Å². The maximum atomic E-state index is 13.5. The number of nitrogens with zero attached hydrogens (tertiary/aromatic N) is 1. The van der Waals surface area contributed by atoms with Crippen molar-refractivity contribution >= 4 is 21.7 Å². The molecule has 0 aromatic heterocycles. The molecule has 0 aliphatic heterocycles. The van der Waals surface area contributed by atoms with Crippen LogP contribution in [0.1, 0.15) is 6.92 Å². The SMILES string of the molecule is CCOC(=O)CN(c1ccc(F)c(F)c1)S(=O)(=O)c1ccc(F)cc1. The normalized spacial score (nSPS) is 11.2. The molecular weight excluding hydrogens is 359 g/mol. The Hall–Kier alpha value is -2.55.